The van der Waals surface area contributed by atoms with Gasteiger partial charge in [-0.2, -0.15) is 0 Å². The summed E-state index contributed by atoms with van der Waals surface area (Å²) in [5.74, 6) is 0. The van der Waals surface area contributed by atoms with Gasteiger partial charge in [-0.05, 0) is 37.1 Å². The molecule has 1 unspecified atom stereocenters. The molecule has 4 nitrogen and oxygen atoms in total. The Balaban J connectivity index is 2.57. The molecule has 0 spiro atoms. The van der Waals surface area contributed by atoms with Crippen LogP contribution in [0, 0.1) is 13.8 Å². The van der Waals surface area contributed by atoms with Crippen molar-refractivity contribution in [1.82, 2.24) is 4.57 Å². The van der Waals surface area contributed by atoms with E-state index in [0.29, 0.717) is 0 Å². The highest BCUT2D eigenvalue weighted by Gasteiger charge is 2.09. The van der Waals surface area contributed by atoms with E-state index >= 15 is 0 Å². The van der Waals surface area contributed by atoms with Crippen LogP contribution in [0.15, 0.2) is 35.3 Å². The summed E-state index contributed by atoms with van der Waals surface area (Å²) in [5, 5.41) is 0. The summed E-state index contributed by atoms with van der Waals surface area (Å²) in [6.07, 6.45) is 3.43. The predicted octanol–water partition coefficient (Wildman–Crippen LogP) is 2.37. The smallest absolute Gasteiger partial charge is 0.253 e. The second-order valence-electron chi connectivity index (χ2n) is 4.85. The van der Waals surface area contributed by atoms with Crippen LogP contribution in [0.1, 0.15) is 11.1 Å². The summed E-state index contributed by atoms with van der Waals surface area (Å²) < 4.78 is 15.7. The largest absolute Gasteiger partial charge is 0.318 e. The number of rotatable bonds is 3. The van der Waals surface area contributed by atoms with Crippen molar-refractivity contribution in [2.45, 2.75) is 13.8 Å². The molecule has 0 amide bonds. The van der Waals surface area contributed by atoms with Crippen LogP contribution < -0.4 is 10.3 Å². The van der Waals surface area contributed by atoms with Gasteiger partial charge in [0.2, 0.25) is 0 Å². The summed E-state index contributed by atoms with van der Waals surface area (Å²) >= 11 is 0. The molecule has 2 aromatic rings. The van der Waals surface area contributed by atoms with Gasteiger partial charge in [0.25, 0.3) is 5.56 Å². The van der Waals surface area contributed by atoms with E-state index in [1.165, 1.54) is 0 Å². The monoisotopic (exact) mass is 290 g/mol. The lowest BCUT2D eigenvalue weighted by atomic mass is 9.99. The van der Waals surface area contributed by atoms with Crippen LogP contribution in [0.5, 0.6) is 0 Å². The Morgan fingerprint density at radius 1 is 1.20 bits per heavy atom. The van der Waals surface area contributed by atoms with E-state index in [4.69, 9.17) is 0 Å². The molecule has 1 atom stereocenters. The van der Waals surface area contributed by atoms with Crippen LogP contribution in [0.25, 0.3) is 11.1 Å². The first-order chi connectivity index (χ1) is 9.40. The molecule has 0 fully saturated rings. The molecule has 0 saturated carbocycles. The standard InChI is InChI=1S/C15H18N2O2S/c1-10-11(2)15(18)17(3)9-14(10)12-6-5-7-13(8-12)16-20(4)19/h5-9,16H,1-4H3. The number of aryl methyl sites for hydroxylation is 1. The van der Waals surface area contributed by atoms with E-state index in [0.717, 1.165) is 27.9 Å². The molecule has 0 aliphatic carbocycles. The molecule has 2 rings (SSSR count). The number of benzene rings is 1. The minimum atomic E-state index is -1.10. The van der Waals surface area contributed by atoms with Crippen molar-refractivity contribution in [1.29, 1.82) is 0 Å². The Bertz CT molecular complexity index is 735. The fourth-order valence-corrected chi connectivity index (χ4v) is 2.64. The van der Waals surface area contributed by atoms with Crippen LogP contribution >= 0.6 is 0 Å². The lowest BCUT2D eigenvalue weighted by Crippen LogP contribution is -2.20. The lowest BCUT2D eigenvalue weighted by molar-refractivity contribution is 0.690. The first-order valence-electron chi connectivity index (χ1n) is 6.27. The SMILES string of the molecule is Cc1c(-c2cccc(NS(C)=O)c2)cn(C)c(=O)c1C. The maximum atomic E-state index is 11.9. The highest BCUT2D eigenvalue weighted by Crippen LogP contribution is 2.26. The maximum absolute atomic E-state index is 11.9. The molecular formula is C15H18N2O2S. The summed E-state index contributed by atoms with van der Waals surface area (Å²) in [4.78, 5) is 11.9. The Kier molecular flexibility index (Phi) is 4.09. The van der Waals surface area contributed by atoms with Crippen molar-refractivity contribution in [3.63, 3.8) is 0 Å². The highest BCUT2D eigenvalue weighted by atomic mass is 32.2. The van der Waals surface area contributed by atoms with Gasteiger partial charge in [0.15, 0.2) is 0 Å². The molecule has 1 aromatic heterocycles. The number of nitrogens with zero attached hydrogens (tertiary/aromatic N) is 1. The minimum absolute atomic E-state index is 0.0233. The van der Waals surface area contributed by atoms with E-state index in [1.54, 1.807) is 17.9 Å². The van der Waals surface area contributed by atoms with Crippen molar-refractivity contribution >= 4 is 16.7 Å². The molecular weight excluding hydrogens is 272 g/mol. The molecule has 1 aromatic carbocycles. The summed E-state index contributed by atoms with van der Waals surface area (Å²) in [5.41, 5.74) is 4.56. The third-order valence-electron chi connectivity index (χ3n) is 3.37. The molecule has 106 valence electrons. The van der Waals surface area contributed by atoms with Crippen molar-refractivity contribution in [2.75, 3.05) is 11.0 Å². The molecule has 0 bridgehead atoms. The zero-order valence-electron chi connectivity index (χ0n) is 12.1. The van der Waals surface area contributed by atoms with Gasteiger partial charge in [0.1, 0.15) is 11.0 Å². The van der Waals surface area contributed by atoms with Gasteiger partial charge in [-0.1, -0.05) is 12.1 Å². The van der Waals surface area contributed by atoms with Gasteiger partial charge in [-0.3, -0.25) is 4.79 Å². The zero-order chi connectivity index (χ0) is 14.9. The van der Waals surface area contributed by atoms with Gasteiger partial charge in [0, 0.05) is 36.3 Å². The van der Waals surface area contributed by atoms with Crippen molar-refractivity contribution in [3.05, 3.63) is 51.9 Å². The molecule has 20 heavy (non-hydrogen) atoms. The van der Waals surface area contributed by atoms with Gasteiger partial charge in [0.05, 0.1) is 0 Å². The van der Waals surface area contributed by atoms with Crippen LogP contribution in [-0.2, 0) is 18.0 Å². The summed E-state index contributed by atoms with van der Waals surface area (Å²) in [6.45, 7) is 3.79. The molecule has 5 heteroatoms. The minimum Gasteiger partial charge on any atom is -0.318 e. The first-order valence-corrected chi connectivity index (χ1v) is 7.83. The number of hydrogen-bond donors (Lipinski definition) is 1. The Labute approximate surface area is 121 Å². The maximum Gasteiger partial charge on any atom is 0.253 e. The second kappa shape index (κ2) is 5.63. The van der Waals surface area contributed by atoms with Crippen LogP contribution in [0.4, 0.5) is 5.69 Å². The fourth-order valence-electron chi connectivity index (χ4n) is 2.18. The second-order valence-corrected chi connectivity index (χ2v) is 5.96. The Morgan fingerprint density at radius 3 is 2.55 bits per heavy atom. The Hall–Kier alpha value is -1.88. The van der Waals surface area contributed by atoms with Gasteiger partial charge < -0.3 is 9.29 Å². The van der Waals surface area contributed by atoms with Gasteiger partial charge in [-0.15, -0.1) is 0 Å². The third kappa shape index (κ3) is 2.82. The average Bonchev–Trinajstić information content (AvgIpc) is 2.40. The molecule has 0 aliphatic heterocycles. The van der Waals surface area contributed by atoms with Crippen LogP contribution in [-0.4, -0.2) is 15.0 Å². The predicted molar refractivity (Wildman–Crippen MR) is 84.3 cm³/mol. The summed E-state index contributed by atoms with van der Waals surface area (Å²) in [6, 6.07) is 7.70. The normalized spacial score (nSPS) is 12.2. The topological polar surface area (TPSA) is 51.1 Å². The molecule has 0 radical (unpaired) electrons. The average molecular weight is 290 g/mol. The fraction of sp³-hybridized carbons (Fsp3) is 0.267. The molecule has 0 aliphatic rings. The van der Waals surface area contributed by atoms with E-state index in [1.807, 2.05) is 44.3 Å². The number of nitrogens with one attached hydrogen (secondary N) is 1. The first kappa shape index (κ1) is 14.5. The van der Waals surface area contributed by atoms with Crippen molar-refractivity contribution in [2.24, 2.45) is 7.05 Å². The van der Waals surface area contributed by atoms with Gasteiger partial charge in [-0.25, -0.2) is 4.21 Å². The van der Waals surface area contributed by atoms with Crippen molar-refractivity contribution in [3.8, 4) is 11.1 Å². The van der Waals surface area contributed by atoms with Gasteiger partial charge >= 0.3 is 0 Å². The number of pyridine rings is 1. The zero-order valence-corrected chi connectivity index (χ0v) is 12.9. The number of aromatic nitrogens is 1. The third-order valence-corrected chi connectivity index (χ3v) is 3.89. The molecule has 1 heterocycles. The van der Waals surface area contributed by atoms with E-state index < -0.39 is 11.0 Å². The van der Waals surface area contributed by atoms with Crippen LogP contribution in [0.3, 0.4) is 0 Å². The lowest BCUT2D eigenvalue weighted by Gasteiger charge is -2.12. The molecule has 1 N–H and O–H groups in total. The van der Waals surface area contributed by atoms with E-state index in [9.17, 15) is 9.00 Å². The van der Waals surface area contributed by atoms with Crippen LogP contribution in [0.2, 0.25) is 0 Å². The number of anilines is 1. The quantitative estimate of drug-likeness (QED) is 0.943. The van der Waals surface area contributed by atoms with E-state index in [-0.39, 0.29) is 5.56 Å². The van der Waals surface area contributed by atoms with E-state index in [2.05, 4.69) is 4.72 Å². The Morgan fingerprint density at radius 2 is 1.90 bits per heavy atom. The van der Waals surface area contributed by atoms with Crippen molar-refractivity contribution < 1.29 is 4.21 Å². The highest BCUT2D eigenvalue weighted by molar-refractivity contribution is 7.85. The molecule has 0 saturated heterocycles. The number of hydrogen-bond acceptors (Lipinski definition) is 2. The summed E-state index contributed by atoms with van der Waals surface area (Å²) in [7, 11) is 0.647.